The third kappa shape index (κ3) is 3.77. The largest absolute Gasteiger partial charge is 0.412 e. The molecule has 2 heterocycles. The van der Waals surface area contributed by atoms with E-state index in [1.807, 2.05) is 0 Å². The zero-order chi connectivity index (χ0) is 17.4. The molecule has 2 rings (SSSR count). The molecule has 23 heavy (non-hydrogen) atoms. The van der Waals surface area contributed by atoms with Crippen molar-refractivity contribution >= 4 is 18.6 Å². The van der Waals surface area contributed by atoms with Gasteiger partial charge in [-0.1, -0.05) is 55.4 Å². The Bertz CT molecular complexity index is 377. The van der Waals surface area contributed by atoms with Crippen LogP contribution < -0.4 is 0 Å². The van der Waals surface area contributed by atoms with Gasteiger partial charge in [-0.25, -0.2) is 0 Å². The summed E-state index contributed by atoms with van der Waals surface area (Å²) in [5.74, 6) is 0.707. The molecule has 0 amide bonds. The van der Waals surface area contributed by atoms with E-state index in [-0.39, 0.29) is 17.8 Å². The Morgan fingerprint density at radius 3 is 1.91 bits per heavy atom. The smallest absolute Gasteiger partial charge is 0.378 e. The summed E-state index contributed by atoms with van der Waals surface area (Å²) in [6.45, 7) is 18.5. The highest BCUT2D eigenvalue weighted by Crippen LogP contribution is 2.44. The third-order valence-electron chi connectivity index (χ3n) is 4.98. The number of hydrogen-bond donors (Lipinski definition) is 0. The van der Waals surface area contributed by atoms with Crippen molar-refractivity contribution in [2.45, 2.75) is 90.7 Å². The summed E-state index contributed by atoms with van der Waals surface area (Å²) < 4.78 is 26.1. The molecular weight excluding hydrogens is 324 g/mol. The van der Waals surface area contributed by atoms with Gasteiger partial charge >= 0.3 is 18.6 Å². The highest BCUT2D eigenvalue weighted by molar-refractivity contribution is 6.61. The van der Waals surface area contributed by atoms with Gasteiger partial charge in [0.1, 0.15) is 6.10 Å². The molecule has 2 fully saturated rings. The fourth-order valence-corrected chi connectivity index (χ4v) is 8.71. The lowest BCUT2D eigenvalue weighted by molar-refractivity contribution is -0.161. The van der Waals surface area contributed by atoms with Gasteiger partial charge in [-0.15, -0.1) is 0 Å². The van der Waals surface area contributed by atoms with E-state index in [0.29, 0.717) is 22.9 Å². The van der Waals surface area contributed by atoms with E-state index in [4.69, 9.17) is 17.7 Å². The minimum Gasteiger partial charge on any atom is -0.412 e. The van der Waals surface area contributed by atoms with Crippen LogP contribution in [0.25, 0.3) is 0 Å². The molecule has 2 unspecified atom stereocenters. The van der Waals surface area contributed by atoms with Crippen molar-refractivity contribution in [3.63, 3.8) is 0 Å². The molecule has 0 spiro atoms. The molecule has 134 valence electrons. The summed E-state index contributed by atoms with van der Waals surface area (Å²) in [6, 6.07) is 0. The first-order valence-corrected chi connectivity index (χ1v) is 11.9. The average molecular weight is 359 g/mol. The highest BCUT2D eigenvalue weighted by atomic mass is 28.4. The Hall–Kier alpha value is 0.274. The second-order valence-electron chi connectivity index (χ2n) is 8.05. The van der Waals surface area contributed by atoms with Gasteiger partial charge in [0.25, 0.3) is 0 Å². The maximum atomic E-state index is 6.86. The van der Waals surface area contributed by atoms with Gasteiger partial charge in [0.2, 0.25) is 0 Å². The summed E-state index contributed by atoms with van der Waals surface area (Å²) in [5.41, 5.74) is 0.468. The Morgan fingerprint density at radius 2 is 1.43 bits per heavy atom. The molecule has 0 aliphatic carbocycles. The molecule has 2 radical (unpaired) electrons. The van der Waals surface area contributed by atoms with Gasteiger partial charge in [0, 0.05) is 6.61 Å². The number of fused-ring (bicyclic) bond motifs is 1. The quantitative estimate of drug-likeness (QED) is 0.710. The van der Waals surface area contributed by atoms with Crippen molar-refractivity contribution in [2.24, 2.45) is 11.8 Å². The van der Waals surface area contributed by atoms with Crippen LogP contribution in [0.2, 0.25) is 11.1 Å². The van der Waals surface area contributed by atoms with Gasteiger partial charge < -0.3 is 17.7 Å². The predicted molar refractivity (Wildman–Crippen MR) is 95.5 cm³/mol. The zero-order valence-corrected chi connectivity index (χ0v) is 18.0. The molecule has 6 heteroatoms. The van der Waals surface area contributed by atoms with Gasteiger partial charge in [-0.3, -0.25) is 0 Å². The van der Waals surface area contributed by atoms with E-state index in [0.717, 1.165) is 13.0 Å². The van der Waals surface area contributed by atoms with E-state index in [2.05, 4.69) is 55.4 Å². The van der Waals surface area contributed by atoms with Crippen LogP contribution in [0.3, 0.4) is 0 Å². The van der Waals surface area contributed by atoms with Gasteiger partial charge in [0.15, 0.2) is 0 Å². The van der Waals surface area contributed by atoms with E-state index in [9.17, 15) is 0 Å². The fraction of sp³-hybridized carbons (Fsp3) is 1.00. The van der Waals surface area contributed by atoms with E-state index in [1.165, 1.54) is 0 Å². The monoisotopic (exact) mass is 358 g/mol. The topological polar surface area (TPSA) is 36.9 Å². The Labute approximate surface area is 145 Å². The lowest BCUT2D eigenvalue weighted by Gasteiger charge is -2.51. The standard InChI is InChI=1S/C17H34O4Si2/c1-11(2)17(12(3)4)16-15(9-10-18-16)19-22(13(5)6)21-23(20-17)14(7)8/h11-16H,9-10H2,1-8H3. The molecular formula is C17H34O4Si2. The number of ether oxygens (including phenoxy) is 1. The van der Waals surface area contributed by atoms with Crippen molar-refractivity contribution in [2.75, 3.05) is 6.61 Å². The first-order valence-electron chi connectivity index (χ1n) is 9.08. The van der Waals surface area contributed by atoms with Crippen LogP contribution in [0.4, 0.5) is 0 Å². The summed E-state index contributed by atoms with van der Waals surface area (Å²) in [5, 5.41) is 0. The summed E-state index contributed by atoms with van der Waals surface area (Å²) in [6.07, 6.45) is 1.07. The summed E-state index contributed by atoms with van der Waals surface area (Å²) in [4.78, 5) is 0. The predicted octanol–water partition coefficient (Wildman–Crippen LogP) is 4.05. The van der Waals surface area contributed by atoms with Crippen molar-refractivity contribution < 1.29 is 17.7 Å². The van der Waals surface area contributed by atoms with Crippen LogP contribution in [0.15, 0.2) is 0 Å². The lowest BCUT2D eigenvalue weighted by Crippen LogP contribution is -2.63. The van der Waals surface area contributed by atoms with Crippen LogP contribution in [0.5, 0.6) is 0 Å². The van der Waals surface area contributed by atoms with Crippen LogP contribution in [-0.2, 0) is 17.7 Å². The first-order chi connectivity index (χ1) is 10.7. The third-order valence-corrected chi connectivity index (χ3v) is 9.56. The minimum absolute atomic E-state index is 0.0175. The Kier molecular flexibility index (Phi) is 6.53. The van der Waals surface area contributed by atoms with E-state index >= 15 is 0 Å². The van der Waals surface area contributed by atoms with Gasteiger partial charge in [0.05, 0.1) is 11.7 Å². The van der Waals surface area contributed by atoms with Gasteiger partial charge in [-0.05, 0) is 29.3 Å². The Morgan fingerprint density at radius 1 is 0.870 bits per heavy atom. The molecule has 0 aromatic carbocycles. The summed E-state index contributed by atoms with van der Waals surface area (Å²) in [7, 11) is -2.74. The van der Waals surface area contributed by atoms with Crippen molar-refractivity contribution in [3.05, 3.63) is 0 Å². The van der Waals surface area contributed by atoms with E-state index < -0.39 is 18.6 Å². The maximum Gasteiger partial charge on any atom is 0.378 e. The maximum absolute atomic E-state index is 6.86. The number of hydrogen-bond acceptors (Lipinski definition) is 4. The molecule has 0 N–H and O–H groups in total. The molecule has 2 atom stereocenters. The molecule has 2 aliphatic rings. The minimum atomic E-state index is -1.41. The molecule has 0 aromatic heterocycles. The van der Waals surface area contributed by atoms with E-state index in [1.54, 1.807) is 0 Å². The molecule has 2 aliphatic heterocycles. The molecule has 0 bridgehead atoms. The fourth-order valence-electron chi connectivity index (χ4n) is 3.69. The SMILES string of the molecule is CC(C)[Si]1OC2CCOC2C(C(C)C)(C(C)C)O[Si](C(C)C)O1. The number of rotatable bonds is 4. The van der Waals surface area contributed by atoms with Crippen LogP contribution in [0.1, 0.15) is 61.8 Å². The van der Waals surface area contributed by atoms with Crippen LogP contribution in [0, 0.1) is 11.8 Å². The second kappa shape index (κ2) is 7.66. The summed E-state index contributed by atoms with van der Waals surface area (Å²) >= 11 is 0. The van der Waals surface area contributed by atoms with Crippen LogP contribution in [-0.4, -0.2) is 43.0 Å². The van der Waals surface area contributed by atoms with Crippen molar-refractivity contribution in [1.82, 2.24) is 0 Å². The van der Waals surface area contributed by atoms with Crippen molar-refractivity contribution in [3.8, 4) is 0 Å². The average Bonchev–Trinajstić information content (AvgIpc) is 2.85. The normalized spacial score (nSPS) is 30.3. The molecule has 0 saturated carbocycles. The zero-order valence-electron chi connectivity index (χ0n) is 16.0. The van der Waals surface area contributed by atoms with Gasteiger partial charge in [-0.2, -0.15) is 0 Å². The van der Waals surface area contributed by atoms with Crippen molar-refractivity contribution in [1.29, 1.82) is 0 Å². The molecule has 0 aromatic rings. The molecule has 4 nitrogen and oxygen atoms in total. The van der Waals surface area contributed by atoms with Crippen LogP contribution >= 0.6 is 0 Å². The molecule has 2 saturated heterocycles. The second-order valence-corrected chi connectivity index (χ2v) is 12.9. The Balaban J connectivity index is 2.42. The lowest BCUT2D eigenvalue weighted by atomic mass is 9.74. The highest BCUT2D eigenvalue weighted by Gasteiger charge is 2.56. The first kappa shape index (κ1) is 19.6.